The molecule has 0 radical (unpaired) electrons. The smallest absolute Gasteiger partial charge is 0.0914 e. The van der Waals surface area contributed by atoms with E-state index in [4.69, 9.17) is 5.73 Å². The van der Waals surface area contributed by atoms with Crippen LogP contribution in [0.15, 0.2) is 24.3 Å². The highest BCUT2D eigenvalue weighted by molar-refractivity contribution is 7.99. The quantitative estimate of drug-likeness (QED) is 0.848. The van der Waals surface area contributed by atoms with Crippen molar-refractivity contribution in [3.05, 3.63) is 35.4 Å². The highest BCUT2D eigenvalue weighted by atomic mass is 32.2. The van der Waals surface area contributed by atoms with Crippen molar-refractivity contribution in [1.82, 2.24) is 0 Å². The average molecular weight is 237 g/mol. The van der Waals surface area contributed by atoms with Crippen LogP contribution in [0.1, 0.15) is 36.0 Å². The van der Waals surface area contributed by atoms with Crippen molar-refractivity contribution >= 4 is 11.8 Å². The lowest BCUT2D eigenvalue weighted by Gasteiger charge is -2.25. The third-order valence-electron chi connectivity index (χ3n) is 3.24. The van der Waals surface area contributed by atoms with E-state index in [2.05, 4.69) is 12.1 Å². The lowest BCUT2D eigenvalue weighted by atomic mass is 9.88. The Hall–Kier alpha value is -0.510. The van der Waals surface area contributed by atoms with Gasteiger partial charge in [-0.05, 0) is 41.4 Å². The molecule has 1 heterocycles. The van der Waals surface area contributed by atoms with E-state index < -0.39 is 6.10 Å². The Bertz CT molecular complexity index is 336. The number of aliphatic hydroxyl groups excluding tert-OH is 1. The summed E-state index contributed by atoms with van der Waals surface area (Å²) in [4.78, 5) is 0. The van der Waals surface area contributed by atoms with Crippen molar-refractivity contribution in [2.45, 2.75) is 24.9 Å². The zero-order valence-corrected chi connectivity index (χ0v) is 10.2. The van der Waals surface area contributed by atoms with Gasteiger partial charge in [-0.1, -0.05) is 24.3 Å². The molecule has 0 aromatic heterocycles. The monoisotopic (exact) mass is 237 g/mol. The van der Waals surface area contributed by atoms with E-state index in [9.17, 15) is 5.11 Å². The summed E-state index contributed by atoms with van der Waals surface area (Å²) in [5, 5.41) is 9.91. The first-order valence-corrected chi connectivity index (χ1v) is 7.03. The molecule has 88 valence electrons. The second kappa shape index (κ2) is 5.71. The SMILES string of the molecule is NCC(O)c1ccccc1C1CCSCC1. The van der Waals surface area contributed by atoms with Crippen LogP contribution in [0.5, 0.6) is 0 Å². The molecule has 0 bridgehead atoms. The van der Waals surface area contributed by atoms with E-state index in [1.807, 2.05) is 23.9 Å². The first kappa shape index (κ1) is 12.0. The molecule has 1 aliphatic heterocycles. The van der Waals surface area contributed by atoms with Gasteiger partial charge in [-0.25, -0.2) is 0 Å². The Morgan fingerprint density at radius 3 is 2.69 bits per heavy atom. The van der Waals surface area contributed by atoms with E-state index >= 15 is 0 Å². The number of aliphatic hydroxyl groups is 1. The standard InChI is InChI=1S/C13H19NOS/c14-9-13(15)12-4-2-1-3-11(12)10-5-7-16-8-6-10/h1-4,10,13,15H,5-9,14H2. The summed E-state index contributed by atoms with van der Waals surface area (Å²) >= 11 is 2.03. The minimum Gasteiger partial charge on any atom is -0.387 e. The minimum absolute atomic E-state index is 0.304. The zero-order chi connectivity index (χ0) is 11.4. The normalized spacial score (nSPS) is 19.6. The number of hydrogen-bond acceptors (Lipinski definition) is 3. The van der Waals surface area contributed by atoms with Crippen LogP contribution in [0.4, 0.5) is 0 Å². The summed E-state index contributed by atoms with van der Waals surface area (Å²) in [5.41, 5.74) is 7.88. The Labute approximate surface area is 101 Å². The topological polar surface area (TPSA) is 46.2 Å². The molecular weight excluding hydrogens is 218 g/mol. The Morgan fingerprint density at radius 1 is 1.31 bits per heavy atom. The van der Waals surface area contributed by atoms with E-state index in [-0.39, 0.29) is 0 Å². The van der Waals surface area contributed by atoms with Crippen LogP contribution in [0.2, 0.25) is 0 Å². The molecule has 1 atom stereocenters. The fourth-order valence-corrected chi connectivity index (χ4v) is 3.43. The molecule has 1 aliphatic rings. The summed E-state index contributed by atoms with van der Waals surface area (Å²) < 4.78 is 0. The largest absolute Gasteiger partial charge is 0.387 e. The molecule has 0 saturated carbocycles. The molecule has 3 heteroatoms. The molecule has 2 nitrogen and oxygen atoms in total. The van der Waals surface area contributed by atoms with Crippen molar-refractivity contribution < 1.29 is 5.11 Å². The van der Waals surface area contributed by atoms with Crippen LogP contribution >= 0.6 is 11.8 Å². The van der Waals surface area contributed by atoms with Crippen LogP contribution in [0.25, 0.3) is 0 Å². The van der Waals surface area contributed by atoms with Gasteiger partial charge in [0.15, 0.2) is 0 Å². The molecule has 0 spiro atoms. The first-order chi connectivity index (χ1) is 7.83. The molecule has 1 saturated heterocycles. The molecule has 2 rings (SSSR count). The second-order valence-corrected chi connectivity index (χ2v) is 5.49. The van der Waals surface area contributed by atoms with Gasteiger partial charge in [-0.3, -0.25) is 0 Å². The summed E-state index contributed by atoms with van der Waals surface area (Å²) in [6.45, 7) is 0.304. The average Bonchev–Trinajstić information content (AvgIpc) is 2.39. The Balaban J connectivity index is 2.24. The van der Waals surface area contributed by atoms with Gasteiger partial charge in [0.05, 0.1) is 6.10 Å². The lowest BCUT2D eigenvalue weighted by Crippen LogP contribution is -2.16. The third kappa shape index (κ3) is 2.59. The van der Waals surface area contributed by atoms with E-state index in [0.29, 0.717) is 12.5 Å². The minimum atomic E-state index is -0.509. The molecular formula is C13H19NOS. The number of nitrogens with two attached hydrogens (primary N) is 1. The van der Waals surface area contributed by atoms with Crippen LogP contribution in [-0.2, 0) is 0 Å². The Morgan fingerprint density at radius 2 is 2.00 bits per heavy atom. The third-order valence-corrected chi connectivity index (χ3v) is 4.29. The van der Waals surface area contributed by atoms with Crippen LogP contribution in [0.3, 0.4) is 0 Å². The van der Waals surface area contributed by atoms with Crippen LogP contribution in [-0.4, -0.2) is 23.2 Å². The summed E-state index contributed by atoms with van der Waals surface area (Å²) in [5.74, 6) is 3.08. The number of thioether (sulfide) groups is 1. The summed E-state index contributed by atoms with van der Waals surface area (Å²) in [7, 11) is 0. The zero-order valence-electron chi connectivity index (χ0n) is 9.43. The number of benzene rings is 1. The van der Waals surface area contributed by atoms with Gasteiger partial charge >= 0.3 is 0 Å². The van der Waals surface area contributed by atoms with Crippen molar-refractivity contribution in [3.63, 3.8) is 0 Å². The second-order valence-electron chi connectivity index (χ2n) is 4.27. The number of rotatable bonds is 3. The number of hydrogen-bond donors (Lipinski definition) is 2. The summed E-state index contributed by atoms with van der Waals surface area (Å²) in [6.07, 6.45) is 1.93. The van der Waals surface area contributed by atoms with Gasteiger partial charge in [-0.2, -0.15) is 11.8 Å². The van der Waals surface area contributed by atoms with E-state index in [1.165, 1.54) is 29.9 Å². The molecule has 1 fully saturated rings. The van der Waals surface area contributed by atoms with Crippen molar-refractivity contribution in [2.24, 2.45) is 5.73 Å². The highest BCUT2D eigenvalue weighted by Gasteiger charge is 2.20. The molecule has 0 aliphatic carbocycles. The van der Waals surface area contributed by atoms with Gasteiger partial charge in [0.2, 0.25) is 0 Å². The maximum atomic E-state index is 9.91. The highest BCUT2D eigenvalue weighted by Crippen LogP contribution is 2.34. The first-order valence-electron chi connectivity index (χ1n) is 5.87. The van der Waals surface area contributed by atoms with Crippen molar-refractivity contribution in [1.29, 1.82) is 0 Å². The van der Waals surface area contributed by atoms with E-state index in [1.54, 1.807) is 0 Å². The molecule has 1 aromatic carbocycles. The maximum absolute atomic E-state index is 9.91. The predicted octanol–water partition coefficient (Wildman–Crippen LogP) is 2.29. The molecule has 3 N–H and O–H groups in total. The van der Waals surface area contributed by atoms with Crippen molar-refractivity contribution in [2.75, 3.05) is 18.1 Å². The summed E-state index contributed by atoms with van der Waals surface area (Å²) in [6, 6.07) is 8.20. The molecule has 1 aromatic rings. The molecule has 0 amide bonds. The molecule has 1 unspecified atom stereocenters. The van der Waals surface area contributed by atoms with Gasteiger partial charge in [0.25, 0.3) is 0 Å². The Kier molecular flexibility index (Phi) is 4.27. The van der Waals surface area contributed by atoms with Crippen LogP contribution in [0, 0.1) is 0 Å². The predicted molar refractivity (Wildman–Crippen MR) is 69.8 cm³/mol. The fraction of sp³-hybridized carbons (Fsp3) is 0.538. The lowest BCUT2D eigenvalue weighted by molar-refractivity contribution is 0.185. The van der Waals surface area contributed by atoms with E-state index in [0.717, 1.165) is 5.56 Å². The fourth-order valence-electron chi connectivity index (χ4n) is 2.32. The van der Waals surface area contributed by atoms with Gasteiger partial charge < -0.3 is 10.8 Å². The maximum Gasteiger partial charge on any atom is 0.0914 e. The van der Waals surface area contributed by atoms with Crippen LogP contribution < -0.4 is 5.73 Å². The molecule has 16 heavy (non-hydrogen) atoms. The van der Waals surface area contributed by atoms with Gasteiger partial charge in [0.1, 0.15) is 0 Å². The van der Waals surface area contributed by atoms with Gasteiger partial charge in [0, 0.05) is 6.54 Å². The van der Waals surface area contributed by atoms with Gasteiger partial charge in [-0.15, -0.1) is 0 Å². The van der Waals surface area contributed by atoms with Crippen molar-refractivity contribution in [3.8, 4) is 0 Å².